The van der Waals surface area contributed by atoms with Crippen molar-refractivity contribution in [2.24, 2.45) is 0 Å². The summed E-state index contributed by atoms with van der Waals surface area (Å²) in [4.78, 5) is 4.02. The van der Waals surface area contributed by atoms with E-state index < -0.39 is 0 Å². The molecule has 0 spiro atoms. The summed E-state index contributed by atoms with van der Waals surface area (Å²) in [5.74, 6) is 1.96. The first-order chi connectivity index (χ1) is 6.72. The maximum absolute atomic E-state index is 8.75. The topological polar surface area (TPSA) is 84.3 Å². The zero-order valence-corrected chi connectivity index (χ0v) is 7.50. The highest BCUT2D eigenvalue weighted by atomic mass is 14.7. The molecule has 0 bridgehead atoms. The predicted octanol–water partition coefficient (Wildman–Crippen LogP) is 1.42. The van der Waals surface area contributed by atoms with Crippen molar-refractivity contribution in [1.82, 2.24) is 4.98 Å². The van der Waals surface area contributed by atoms with Crippen molar-refractivity contribution in [2.45, 2.75) is 6.92 Å². The molecule has 0 unspecified atom stereocenters. The van der Waals surface area contributed by atoms with Crippen molar-refractivity contribution in [1.29, 1.82) is 15.9 Å². The number of nitriles is 2. The molecule has 0 aliphatic rings. The first-order valence-corrected chi connectivity index (χ1v) is 3.81. The second-order valence-electron chi connectivity index (χ2n) is 2.57. The lowest BCUT2D eigenvalue weighted by Gasteiger charge is -1.99. The van der Waals surface area contributed by atoms with Gasteiger partial charge in [0.05, 0.1) is 5.56 Å². The Kier molecular flexibility index (Phi) is 2.76. The molecule has 1 aromatic rings. The molecule has 66 valence electrons. The third-order valence-electron chi connectivity index (χ3n) is 1.63. The molecule has 0 amide bonds. The van der Waals surface area contributed by atoms with Gasteiger partial charge < -0.3 is 0 Å². The highest BCUT2D eigenvalue weighted by Crippen LogP contribution is 2.13. The maximum atomic E-state index is 8.75. The minimum absolute atomic E-state index is 0.0229. The van der Waals surface area contributed by atoms with Gasteiger partial charge in [-0.05, 0) is 24.9 Å². The SMILES string of the molecule is Cc1ccc(C#N)c(C(=C=N)C#N)n1. The number of aryl methyl sites for hydroxylation is 1. The van der Waals surface area contributed by atoms with Gasteiger partial charge in [0.1, 0.15) is 23.4 Å². The summed E-state index contributed by atoms with van der Waals surface area (Å²) in [6.45, 7) is 1.75. The molecule has 0 fully saturated rings. The summed E-state index contributed by atoms with van der Waals surface area (Å²) in [6, 6.07) is 6.95. The fourth-order valence-electron chi connectivity index (χ4n) is 0.978. The van der Waals surface area contributed by atoms with Crippen LogP contribution in [0.4, 0.5) is 0 Å². The van der Waals surface area contributed by atoms with Gasteiger partial charge in [-0.15, -0.1) is 0 Å². The molecule has 1 aromatic heterocycles. The van der Waals surface area contributed by atoms with Crippen LogP contribution in [-0.4, -0.2) is 10.9 Å². The molecule has 0 aromatic carbocycles. The van der Waals surface area contributed by atoms with Crippen LogP contribution in [0.3, 0.4) is 0 Å². The van der Waals surface area contributed by atoms with Gasteiger partial charge in [-0.1, -0.05) is 0 Å². The van der Waals surface area contributed by atoms with E-state index in [1.54, 1.807) is 25.1 Å². The minimum Gasteiger partial charge on any atom is -0.257 e. The van der Waals surface area contributed by atoms with Crippen LogP contribution in [0.25, 0.3) is 5.57 Å². The van der Waals surface area contributed by atoms with Crippen LogP contribution in [0.15, 0.2) is 12.1 Å². The van der Waals surface area contributed by atoms with Gasteiger partial charge in [0, 0.05) is 5.69 Å². The number of rotatable bonds is 1. The van der Waals surface area contributed by atoms with E-state index >= 15 is 0 Å². The van der Waals surface area contributed by atoms with E-state index in [0.717, 1.165) is 0 Å². The fourth-order valence-corrected chi connectivity index (χ4v) is 0.978. The highest BCUT2D eigenvalue weighted by Gasteiger charge is 2.08. The Morgan fingerprint density at radius 2 is 2.14 bits per heavy atom. The Bertz CT molecular complexity index is 496. The van der Waals surface area contributed by atoms with Gasteiger partial charge in [0.25, 0.3) is 0 Å². The normalized spacial score (nSPS) is 8.21. The zero-order valence-electron chi connectivity index (χ0n) is 7.50. The standard InChI is InChI=1S/C10H6N4/c1-7-2-3-8(4-11)10(14-7)9(5-12)6-13/h2-3,12H,1H3. The number of aromatic nitrogens is 1. The van der Waals surface area contributed by atoms with E-state index in [9.17, 15) is 0 Å². The Morgan fingerprint density at radius 3 is 2.64 bits per heavy atom. The molecule has 0 saturated heterocycles. The second kappa shape index (κ2) is 4.00. The lowest BCUT2D eigenvalue weighted by atomic mass is 10.1. The summed E-state index contributed by atoms with van der Waals surface area (Å²) in [6.07, 6.45) is 0. The molecule has 0 saturated carbocycles. The van der Waals surface area contributed by atoms with E-state index in [4.69, 9.17) is 15.9 Å². The number of allylic oxidation sites excluding steroid dienone is 1. The Hall–Kier alpha value is -2.42. The van der Waals surface area contributed by atoms with Gasteiger partial charge >= 0.3 is 0 Å². The Morgan fingerprint density at radius 1 is 1.43 bits per heavy atom. The molecule has 0 atom stereocenters. The lowest BCUT2D eigenvalue weighted by molar-refractivity contribution is 1.16. The smallest absolute Gasteiger partial charge is 0.140 e. The summed E-state index contributed by atoms with van der Waals surface area (Å²) in [5.41, 5.74) is 1.18. The molecule has 1 heterocycles. The van der Waals surface area contributed by atoms with Gasteiger partial charge in [-0.25, -0.2) is 0 Å². The molecule has 0 aliphatic heterocycles. The van der Waals surface area contributed by atoms with E-state index in [2.05, 4.69) is 4.98 Å². The van der Waals surface area contributed by atoms with Crippen molar-refractivity contribution in [3.63, 3.8) is 0 Å². The molecule has 1 N–H and O–H groups in total. The number of nitrogens with one attached hydrogen (secondary N) is 1. The molecule has 14 heavy (non-hydrogen) atoms. The number of hydrogen-bond acceptors (Lipinski definition) is 4. The summed E-state index contributed by atoms with van der Waals surface area (Å²) in [5, 5.41) is 24.3. The predicted molar refractivity (Wildman–Crippen MR) is 50.4 cm³/mol. The summed E-state index contributed by atoms with van der Waals surface area (Å²) >= 11 is 0. The minimum atomic E-state index is -0.0229. The number of hydrogen-bond donors (Lipinski definition) is 1. The van der Waals surface area contributed by atoms with Crippen molar-refractivity contribution < 1.29 is 0 Å². The van der Waals surface area contributed by atoms with Crippen LogP contribution >= 0.6 is 0 Å². The van der Waals surface area contributed by atoms with Gasteiger partial charge in [-0.3, -0.25) is 10.4 Å². The summed E-state index contributed by atoms with van der Waals surface area (Å²) in [7, 11) is 0. The fraction of sp³-hybridized carbons (Fsp3) is 0.100. The molecular formula is C10H6N4. The van der Waals surface area contributed by atoms with Crippen molar-refractivity contribution in [3.05, 3.63) is 29.1 Å². The largest absolute Gasteiger partial charge is 0.257 e. The highest BCUT2D eigenvalue weighted by molar-refractivity contribution is 5.96. The van der Waals surface area contributed by atoms with E-state index in [1.807, 2.05) is 11.9 Å². The van der Waals surface area contributed by atoms with Gasteiger partial charge in [0.15, 0.2) is 0 Å². The van der Waals surface area contributed by atoms with Crippen molar-refractivity contribution in [2.75, 3.05) is 0 Å². The summed E-state index contributed by atoms with van der Waals surface area (Å²) < 4.78 is 0. The monoisotopic (exact) mass is 182 g/mol. The maximum Gasteiger partial charge on any atom is 0.140 e. The van der Waals surface area contributed by atoms with Crippen LogP contribution in [-0.2, 0) is 0 Å². The van der Waals surface area contributed by atoms with Crippen LogP contribution < -0.4 is 0 Å². The molecule has 4 nitrogen and oxygen atoms in total. The van der Waals surface area contributed by atoms with E-state index in [1.165, 1.54) is 0 Å². The number of nitrogens with zero attached hydrogens (tertiary/aromatic N) is 3. The average molecular weight is 182 g/mol. The lowest BCUT2D eigenvalue weighted by Crippen LogP contribution is -1.95. The average Bonchev–Trinajstić information content (AvgIpc) is 2.20. The quantitative estimate of drug-likeness (QED) is 0.526. The second-order valence-corrected chi connectivity index (χ2v) is 2.57. The van der Waals surface area contributed by atoms with Gasteiger partial charge in [-0.2, -0.15) is 10.5 Å². The molecule has 0 aliphatic carbocycles. The Labute approximate surface area is 81.3 Å². The number of pyridine rings is 1. The van der Waals surface area contributed by atoms with E-state index in [0.29, 0.717) is 5.69 Å². The molecule has 1 rings (SSSR count). The van der Waals surface area contributed by atoms with Crippen LogP contribution in [0, 0.1) is 35.0 Å². The molecule has 4 heteroatoms. The molecule has 0 radical (unpaired) electrons. The van der Waals surface area contributed by atoms with Crippen LogP contribution in [0.5, 0.6) is 0 Å². The third kappa shape index (κ3) is 1.67. The zero-order chi connectivity index (χ0) is 10.6. The third-order valence-corrected chi connectivity index (χ3v) is 1.63. The first kappa shape index (κ1) is 9.67. The van der Waals surface area contributed by atoms with Crippen LogP contribution in [0.1, 0.15) is 17.0 Å². The van der Waals surface area contributed by atoms with Crippen molar-refractivity contribution in [3.8, 4) is 12.1 Å². The molecular weight excluding hydrogens is 176 g/mol. The van der Waals surface area contributed by atoms with Crippen LogP contribution in [0.2, 0.25) is 0 Å². The van der Waals surface area contributed by atoms with Gasteiger partial charge in [0.2, 0.25) is 0 Å². The Balaban J connectivity index is 3.49. The van der Waals surface area contributed by atoms with E-state index in [-0.39, 0.29) is 16.8 Å². The van der Waals surface area contributed by atoms with Crippen molar-refractivity contribution >= 4 is 11.4 Å². The first-order valence-electron chi connectivity index (χ1n) is 3.81.